The summed E-state index contributed by atoms with van der Waals surface area (Å²) in [6.45, 7) is 3.43. The van der Waals surface area contributed by atoms with Gasteiger partial charge in [0.2, 0.25) is 0 Å². The van der Waals surface area contributed by atoms with Crippen LogP contribution >= 0.6 is 0 Å². The van der Waals surface area contributed by atoms with Crippen LogP contribution in [0.4, 0.5) is 30.4 Å². The maximum absolute atomic E-state index is 13.0. The van der Waals surface area contributed by atoms with Crippen LogP contribution in [-0.2, 0) is 21.2 Å². The van der Waals surface area contributed by atoms with Gasteiger partial charge in [0.05, 0.1) is 10.6 Å². The zero-order valence-electron chi connectivity index (χ0n) is 20.6. The first-order chi connectivity index (χ1) is 18.0. The number of hydrogen-bond acceptors (Lipinski definition) is 6. The van der Waals surface area contributed by atoms with Crippen LogP contribution in [0, 0.1) is 0 Å². The Kier molecular flexibility index (Phi) is 6.76. The van der Waals surface area contributed by atoms with Gasteiger partial charge in [-0.2, -0.15) is 13.2 Å². The van der Waals surface area contributed by atoms with Crippen molar-refractivity contribution in [3.8, 4) is 11.3 Å². The molecular weight excluding hydrogens is 519 g/mol. The second-order valence-electron chi connectivity index (χ2n) is 9.52. The highest BCUT2D eigenvalue weighted by Crippen LogP contribution is 2.37. The van der Waals surface area contributed by atoms with E-state index in [1.807, 2.05) is 12.1 Å². The maximum Gasteiger partial charge on any atom is 0.471 e. The van der Waals surface area contributed by atoms with Crippen LogP contribution in [0.25, 0.3) is 11.3 Å². The van der Waals surface area contributed by atoms with E-state index >= 15 is 0 Å². The van der Waals surface area contributed by atoms with Gasteiger partial charge in [0.15, 0.2) is 5.82 Å². The summed E-state index contributed by atoms with van der Waals surface area (Å²) in [5, 5.41) is 8.66. The topological polar surface area (TPSA) is 95.5 Å². The standard InChI is InChI=1S/C26H26F3N5O3S/c1-17-15-19-16-21(9-11-23(19)34(17)25(35)26(27,28)29)38(36,37)32-20-7-5-18(6-8-20)22-10-12-24(31-30-22)33-13-3-2-4-14-33/h5-12,16-17,32H,2-4,13-15H2,1H3. The third kappa shape index (κ3) is 5.17. The number of carbonyl (C=O) groups excluding carboxylic acids is 1. The van der Waals surface area contributed by atoms with Crippen LogP contribution < -0.4 is 14.5 Å². The maximum atomic E-state index is 13.0. The zero-order chi connectivity index (χ0) is 27.1. The number of rotatable bonds is 5. The van der Waals surface area contributed by atoms with Crippen LogP contribution in [-0.4, -0.2) is 49.8 Å². The highest BCUT2D eigenvalue weighted by molar-refractivity contribution is 7.92. The summed E-state index contributed by atoms with van der Waals surface area (Å²) in [6, 6.07) is 13.5. The molecule has 0 radical (unpaired) electrons. The number of aromatic nitrogens is 2. The predicted molar refractivity (Wildman–Crippen MR) is 137 cm³/mol. The van der Waals surface area contributed by atoms with Gasteiger partial charge >= 0.3 is 12.1 Å². The van der Waals surface area contributed by atoms with Gasteiger partial charge in [0.1, 0.15) is 0 Å². The van der Waals surface area contributed by atoms with Crippen molar-refractivity contribution < 1.29 is 26.4 Å². The number of nitrogens with one attached hydrogen (secondary N) is 1. The largest absolute Gasteiger partial charge is 0.471 e. The molecule has 1 atom stereocenters. The molecule has 3 aromatic rings. The van der Waals surface area contributed by atoms with E-state index in [0.29, 0.717) is 21.8 Å². The zero-order valence-corrected chi connectivity index (χ0v) is 21.4. The minimum Gasteiger partial charge on any atom is -0.355 e. The molecule has 2 aliphatic rings. The van der Waals surface area contributed by atoms with Gasteiger partial charge in [-0.15, -0.1) is 10.2 Å². The van der Waals surface area contributed by atoms with Crippen LogP contribution in [0.5, 0.6) is 0 Å². The fraction of sp³-hybridized carbons (Fsp3) is 0.346. The molecule has 0 spiro atoms. The van der Waals surface area contributed by atoms with Gasteiger partial charge in [0, 0.05) is 36.1 Å². The molecule has 1 aromatic heterocycles. The van der Waals surface area contributed by atoms with E-state index < -0.39 is 28.1 Å². The SMILES string of the molecule is CC1Cc2cc(S(=O)(=O)Nc3ccc(-c4ccc(N5CCCCC5)nn4)cc3)ccc2N1C(=O)C(F)(F)F. The molecule has 0 bridgehead atoms. The summed E-state index contributed by atoms with van der Waals surface area (Å²) in [4.78, 5) is 14.6. The third-order valence-electron chi connectivity index (χ3n) is 6.80. The smallest absolute Gasteiger partial charge is 0.355 e. The van der Waals surface area contributed by atoms with Crippen LogP contribution in [0.15, 0.2) is 59.5 Å². The Morgan fingerprint density at radius 2 is 1.68 bits per heavy atom. The Hall–Kier alpha value is -3.67. The number of benzene rings is 2. The van der Waals surface area contributed by atoms with E-state index in [1.165, 1.54) is 31.5 Å². The molecular formula is C26H26F3N5O3S. The molecule has 2 aromatic carbocycles. The summed E-state index contributed by atoms with van der Waals surface area (Å²) < 4.78 is 67.5. The van der Waals surface area contributed by atoms with E-state index in [1.54, 1.807) is 24.3 Å². The van der Waals surface area contributed by atoms with Crippen molar-refractivity contribution in [1.29, 1.82) is 0 Å². The lowest BCUT2D eigenvalue weighted by Gasteiger charge is -2.27. The Balaban J connectivity index is 1.30. The van der Waals surface area contributed by atoms with E-state index in [0.717, 1.165) is 37.3 Å². The number of sulfonamides is 1. The Bertz CT molecular complexity index is 1440. The highest BCUT2D eigenvalue weighted by Gasteiger charge is 2.47. The van der Waals surface area contributed by atoms with Crippen LogP contribution in [0.2, 0.25) is 0 Å². The van der Waals surface area contributed by atoms with Crippen LogP contribution in [0.1, 0.15) is 31.7 Å². The Morgan fingerprint density at radius 1 is 0.974 bits per heavy atom. The van der Waals surface area contributed by atoms with E-state index in [2.05, 4.69) is 19.8 Å². The van der Waals surface area contributed by atoms with Crippen molar-refractivity contribution in [1.82, 2.24) is 10.2 Å². The summed E-state index contributed by atoms with van der Waals surface area (Å²) in [6.07, 6.45) is -1.39. The normalized spacial score (nSPS) is 17.8. The van der Waals surface area contributed by atoms with E-state index in [-0.39, 0.29) is 17.0 Å². The molecule has 0 aliphatic carbocycles. The predicted octanol–water partition coefficient (Wildman–Crippen LogP) is 4.77. The lowest BCUT2D eigenvalue weighted by molar-refractivity contribution is -0.170. The molecule has 12 heteroatoms. The second kappa shape index (κ2) is 9.90. The minimum absolute atomic E-state index is 0.0653. The molecule has 1 N–H and O–H groups in total. The average Bonchev–Trinajstić information content (AvgIpc) is 3.23. The number of alkyl halides is 3. The first-order valence-corrected chi connectivity index (χ1v) is 13.8. The van der Waals surface area contributed by atoms with Gasteiger partial charge < -0.3 is 9.80 Å². The fourth-order valence-electron chi connectivity index (χ4n) is 4.91. The second-order valence-corrected chi connectivity index (χ2v) is 11.2. The Labute approximate surface area is 218 Å². The third-order valence-corrected chi connectivity index (χ3v) is 8.18. The number of nitrogens with zero attached hydrogens (tertiary/aromatic N) is 4. The molecule has 2 aliphatic heterocycles. The number of fused-ring (bicyclic) bond motifs is 1. The number of anilines is 3. The molecule has 1 fully saturated rings. The molecule has 1 saturated heterocycles. The summed E-state index contributed by atoms with van der Waals surface area (Å²) >= 11 is 0. The van der Waals surface area contributed by atoms with Gasteiger partial charge in [-0.1, -0.05) is 12.1 Å². The molecule has 0 saturated carbocycles. The molecule has 1 unspecified atom stereocenters. The van der Waals surface area contributed by atoms with Crippen molar-refractivity contribution in [2.45, 2.75) is 49.7 Å². The van der Waals surface area contributed by atoms with Crippen LogP contribution in [0.3, 0.4) is 0 Å². The molecule has 38 heavy (non-hydrogen) atoms. The molecule has 1 amide bonds. The molecule has 200 valence electrons. The Morgan fingerprint density at radius 3 is 2.32 bits per heavy atom. The van der Waals surface area contributed by atoms with Crippen molar-refractivity contribution in [2.24, 2.45) is 0 Å². The first kappa shape index (κ1) is 26.0. The van der Waals surface area contributed by atoms with E-state index in [9.17, 15) is 26.4 Å². The van der Waals surface area contributed by atoms with Gasteiger partial charge in [-0.05, 0) is 80.6 Å². The number of carbonyl (C=O) groups is 1. The summed E-state index contributed by atoms with van der Waals surface area (Å²) in [5.74, 6) is -1.13. The quantitative estimate of drug-likeness (QED) is 0.496. The van der Waals surface area contributed by atoms with Crippen molar-refractivity contribution in [3.63, 3.8) is 0 Å². The van der Waals surface area contributed by atoms with Crippen molar-refractivity contribution >= 4 is 33.1 Å². The van der Waals surface area contributed by atoms with Gasteiger partial charge in [-0.25, -0.2) is 8.42 Å². The van der Waals surface area contributed by atoms with Crippen molar-refractivity contribution in [2.75, 3.05) is 27.6 Å². The monoisotopic (exact) mass is 545 g/mol. The fourth-order valence-corrected chi connectivity index (χ4v) is 6.02. The number of hydrogen-bond donors (Lipinski definition) is 1. The number of amides is 1. The first-order valence-electron chi connectivity index (χ1n) is 12.3. The number of piperidine rings is 1. The summed E-state index contributed by atoms with van der Waals surface area (Å²) in [7, 11) is -4.02. The lowest BCUT2D eigenvalue weighted by atomic mass is 10.1. The summed E-state index contributed by atoms with van der Waals surface area (Å²) in [5.41, 5.74) is 2.17. The van der Waals surface area contributed by atoms with E-state index in [4.69, 9.17) is 0 Å². The van der Waals surface area contributed by atoms with Crippen molar-refractivity contribution in [3.05, 3.63) is 60.2 Å². The van der Waals surface area contributed by atoms with Gasteiger partial charge in [0.25, 0.3) is 10.0 Å². The minimum atomic E-state index is -5.02. The highest BCUT2D eigenvalue weighted by atomic mass is 32.2. The molecule has 8 nitrogen and oxygen atoms in total. The lowest BCUT2D eigenvalue weighted by Crippen LogP contribution is -2.44. The molecule has 3 heterocycles. The number of halogens is 3. The molecule has 5 rings (SSSR count). The average molecular weight is 546 g/mol. The van der Waals surface area contributed by atoms with Gasteiger partial charge in [-0.3, -0.25) is 9.52 Å².